The lowest BCUT2D eigenvalue weighted by molar-refractivity contribution is -0.0193. The molecule has 1 heterocycles. The third-order valence-corrected chi connectivity index (χ3v) is 7.04. The van der Waals surface area contributed by atoms with E-state index in [1.165, 1.54) is 21.3 Å². The first-order chi connectivity index (χ1) is 14.7. The summed E-state index contributed by atoms with van der Waals surface area (Å²) in [4.78, 5) is 4.28. The molecular weight excluding hydrogens is 367 g/mol. The number of hydrogen-bond donors (Lipinski definition) is 0. The standard InChI is InChI=1S/C12H21B18N2/c1-6(2)12(13,23-14)32-8(5)9(26(17)24-15)31(7(3)4)10(27(18)29(19)20)11(32)28(25-16)30(21)22/h6-11H,1-5H3. The maximum absolute atomic E-state index is 6.96. The third kappa shape index (κ3) is 6.07. The molecule has 1 saturated heterocycles. The van der Waals surface area contributed by atoms with Crippen molar-refractivity contribution in [3.05, 3.63) is 0 Å². The van der Waals surface area contributed by atoms with Gasteiger partial charge in [-0.3, -0.25) is 0 Å². The zero-order valence-corrected chi connectivity index (χ0v) is 20.3. The van der Waals surface area contributed by atoms with E-state index < -0.39 is 49.5 Å². The van der Waals surface area contributed by atoms with Gasteiger partial charge in [0, 0.05) is 109 Å². The molecule has 23 radical (unpaired) electrons. The smallest absolute Gasteiger partial charge is 0.0827 e. The molecule has 0 aromatic heterocycles. The van der Waals surface area contributed by atoms with E-state index >= 15 is 0 Å². The van der Waals surface area contributed by atoms with Gasteiger partial charge in [0.05, 0.1) is 34.5 Å². The second-order valence-corrected chi connectivity index (χ2v) is 9.64. The van der Waals surface area contributed by atoms with Crippen LogP contribution < -0.4 is 0 Å². The minimum absolute atomic E-state index is 0.00778. The fourth-order valence-corrected chi connectivity index (χ4v) is 5.27. The van der Waals surface area contributed by atoms with Crippen molar-refractivity contribution < 1.29 is 0 Å². The topological polar surface area (TPSA) is 6.48 Å². The Kier molecular flexibility index (Phi) is 12.5. The summed E-state index contributed by atoms with van der Waals surface area (Å²) in [6.07, 6.45) is -1.63. The van der Waals surface area contributed by atoms with Crippen LogP contribution in [0.5, 0.6) is 0 Å². The second kappa shape index (κ2) is 12.9. The van der Waals surface area contributed by atoms with Gasteiger partial charge in [-0.1, -0.05) is 19.2 Å². The Bertz CT molecular complexity index is 568. The molecule has 32 heavy (non-hydrogen) atoms. The number of rotatable bonds is 11. The van der Waals surface area contributed by atoms with Crippen LogP contribution in [0, 0.1) is 5.92 Å². The largest absolute Gasteiger partial charge is 0.316 e. The van der Waals surface area contributed by atoms with Crippen molar-refractivity contribution in [1.29, 1.82) is 0 Å². The van der Waals surface area contributed by atoms with Crippen molar-refractivity contribution in [3.8, 4) is 0 Å². The van der Waals surface area contributed by atoms with E-state index in [0.29, 0.717) is 0 Å². The first-order valence-corrected chi connectivity index (χ1v) is 11.3. The highest BCUT2D eigenvalue weighted by Gasteiger charge is 2.55. The summed E-state index contributed by atoms with van der Waals surface area (Å²) in [6.45, 7) is 8.42. The molecule has 1 aliphatic rings. The van der Waals surface area contributed by atoms with Gasteiger partial charge in [0.15, 0.2) is 0 Å². The van der Waals surface area contributed by atoms with Gasteiger partial charge in [0.1, 0.15) is 0 Å². The molecule has 0 bridgehead atoms. The number of nitrogens with zero attached hydrogens (tertiary/aromatic N) is 2. The van der Waals surface area contributed by atoms with Crippen LogP contribution in [-0.4, -0.2) is 176 Å². The van der Waals surface area contributed by atoms with Crippen LogP contribution in [0.4, 0.5) is 0 Å². The fraction of sp³-hybridized carbons (Fsp3) is 1.00. The lowest BCUT2D eigenvalue weighted by Gasteiger charge is -2.68. The highest BCUT2D eigenvalue weighted by Crippen LogP contribution is 2.38. The molecule has 1 aliphatic heterocycles. The Labute approximate surface area is 216 Å². The van der Waals surface area contributed by atoms with Crippen LogP contribution in [0.1, 0.15) is 34.6 Å². The molecule has 0 aromatic rings. The molecule has 20 heteroatoms. The average molecular weight is 388 g/mol. The van der Waals surface area contributed by atoms with Crippen molar-refractivity contribution in [3.63, 3.8) is 0 Å². The van der Waals surface area contributed by atoms with Crippen molar-refractivity contribution in [1.82, 2.24) is 9.80 Å². The van der Waals surface area contributed by atoms with Crippen molar-refractivity contribution in [2.75, 3.05) is 0 Å². The molecule has 0 saturated carbocycles. The molecule has 0 N–H and O–H groups in total. The van der Waals surface area contributed by atoms with Gasteiger partial charge in [0.2, 0.25) is 0 Å². The molecule has 1 fully saturated rings. The van der Waals surface area contributed by atoms with E-state index in [-0.39, 0.29) is 23.9 Å². The predicted molar refractivity (Wildman–Crippen MR) is 161 cm³/mol. The van der Waals surface area contributed by atoms with Gasteiger partial charge in [0.25, 0.3) is 0 Å². The van der Waals surface area contributed by atoms with Gasteiger partial charge in [-0.25, -0.2) is 0 Å². The van der Waals surface area contributed by atoms with E-state index in [0.717, 1.165) is 0 Å². The van der Waals surface area contributed by atoms with Crippen LogP contribution in [0.3, 0.4) is 0 Å². The molecule has 133 valence electrons. The van der Waals surface area contributed by atoms with E-state index in [4.69, 9.17) is 77.5 Å². The van der Waals surface area contributed by atoms with Gasteiger partial charge >= 0.3 is 0 Å². The fourth-order valence-electron chi connectivity index (χ4n) is 5.27. The molecule has 0 amide bonds. The van der Waals surface area contributed by atoms with Gasteiger partial charge in [-0.05, 0) is 44.5 Å². The van der Waals surface area contributed by atoms with E-state index in [1.54, 1.807) is 0 Å². The SMILES string of the molecule is [B][B]B([B])C1C(C)N(C([B])([B][B])C(C)C)C(B([B][B])B([B])[B])C(B([B])B([B])[B])N1C(C)C. The zero-order valence-electron chi connectivity index (χ0n) is 20.3. The number of piperazine rings is 1. The molecule has 5 atom stereocenters. The normalized spacial score (nSPS) is 26.2. The Hall–Kier alpha value is 1.09. The maximum Gasteiger partial charge on any atom is 0.0827 e. The predicted octanol–water partition coefficient (Wildman–Crippen LogP) is -5.42. The Balaban J connectivity index is 3.97. The van der Waals surface area contributed by atoms with Crippen molar-refractivity contribution in [2.45, 2.75) is 69.9 Å². The van der Waals surface area contributed by atoms with Gasteiger partial charge in [-0.2, -0.15) is 0 Å². The summed E-state index contributed by atoms with van der Waals surface area (Å²) in [5.41, 5.74) is 0. The lowest BCUT2D eigenvalue weighted by Crippen LogP contribution is -2.86. The Morgan fingerprint density at radius 2 is 1.34 bits per heavy atom. The van der Waals surface area contributed by atoms with E-state index in [1.807, 2.05) is 34.6 Å². The molecule has 0 aromatic carbocycles. The second-order valence-electron chi connectivity index (χ2n) is 9.64. The van der Waals surface area contributed by atoms with Crippen molar-refractivity contribution in [2.24, 2.45) is 5.92 Å². The van der Waals surface area contributed by atoms with Gasteiger partial charge < -0.3 is 9.80 Å². The molecule has 5 unspecified atom stereocenters. The Morgan fingerprint density at radius 3 is 1.66 bits per heavy atom. The number of hydrogen-bond acceptors (Lipinski definition) is 2. The minimum atomic E-state index is -1.06. The highest BCUT2D eigenvalue weighted by molar-refractivity contribution is 7.73. The van der Waals surface area contributed by atoms with E-state index in [2.05, 4.69) is 9.80 Å². The molecule has 2 nitrogen and oxygen atoms in total. The lowest BCUT2D eigenvalue weighted by atomic mass is 8.77. The Morgan fingerprint density at radius 1 is 0.812 bits per heavy atom. The van der Waals surface area contributed by atoms with Gasteiger partial charge in [-0.15, -0.1) is 0 Å². The average Bonchev–Trinajstić information content (AvgIpc) is 2.71. The van der Waals surface area contributed by atoms with Crippen LogP contribution in [-0.2, 0) is 0 Å². The molecule has 1 rings (SSSR count). The zero-order chi connectivity index (χ0) is 25.1. The van der Waals surface area contributed by atoms with Crippen LogP contribution in [0.2, 0.25) is 0 Å². The summed E-state index contributed by atoms with van der Waals surface area (Å²) in [6, 6.07) is -0.226. The summed E-state index contributed by atoms with van der Waals surface area (Å²) < 4.78 is 0. The monoisotopic (exact) mass is 391 g/mol. The summed E-state index contributed by atoms with van der Waals surface area (Å²) >= 11 is 0. The molecular formula is C12H21B18N2. The molecule has 0 aliphatic carbocycles. The van der Waals surface area contributed by atoms with Crippen LogP contribution in [0.15, 0.2) is 0 Å². The summed E-state index contributed by atoms with van der Waals surface area (Å²) in [5, 5.41) is -1.06. The van der Waals surface area contributed by atoms with Crippen molar-refractivity contribution >= 4 is 131 Å². The van der Waals surface area contributed by atoms with E-state index in [9.17, 15) is 0 Å². The first kappa shape index (κ1) is 31.1. The third-order valence-electron chi connectivity index (χ3n) is 7.04. The van der Waals surface area contributed by atoms with Crippen LogP contribution in [0.25, 0.3) is 0 Å². The van der Waals surface area contributed by atoms with Crippen LogP contribution >= 0.6 is 0 Å². The quantitative estimate of drug-likeness (QED) is 0.327. The summed E-state index contributed by atoms with van der Waals surface area (Å²) in [7, 11) is 67.4. The summed E-state index contributed by atoms with van der Waals surface area (Å²) in [5.74, 6) is -1.28. The highest BCUT2D eigenvalue weighted by atomic mass is 15.4. The maximum atomic E-state index is 6.96. The minimum Gasteiger partial charge on any atom is -0.316 e. The first-order valence-electron chi connectivity index (χ1n) is 11.3. The molecule has 0 spiro atoms.